The third-order valence-electron chi connectivity index (χ3n) is 4.62. The van der Waals surface area contributed by atoms with Crippen LogP contribution in [-0.2, 0) is 6.61 Å². The molecule has 0 saturated heterocycles. The number of pyridine rings is 1. The molecule has 0 saturated carbocycles. The molecule has 1 amide bonds. The zero-order valence-corrected chi connectivity index (χ0v) is 19.7. The number of anilines is 1. The molecule has 3 rings (SSSR count). The van der Waals surface area contributed by atoms with Crippen LogP contribution in [0.3, 0.4) is 0 Å². The molecule has 2 N–H and O–H groups in total. The Morgan fingerprint density at radius 2 is 1.94 bits per heavy atom. The second kappa shape index (κ2) is 11.8. The standard InChI is InChI=1S/C25H25N3O5S/c1-4-5-16(2)8-9-32-21-10-19(11-22(12-21)33-14-20-15-34-17(3)27-20)24(29)28-23-7-6-18(13-26-23)25(30)31/h4-7,10-13,15H,1,8-9,14H2,2-3H3,(H,30,31)(H,26,28,29)/b16-5+. The van der Waals surface area contributed by atoms with Crippen LogP contribution in [0.4, 0.5) is 5.82 Å². The van der Waals surface area contributed by atoms with Gasteiger partial charge in [-0.1, -0.05) is 24.3 Å². The van der Waals surface area contributed by atoms with Crippen molar-refractivity contribution in [3.63, 3.8) is 0 Å². The summed E-state index contributed by atoms with van der Waals surface area (Å²) in [6.07, 6.45) is 5.53. The number of carbonyl (C=O) groups excluding carboxylic acids is 1. The Morgan fingerprint density at radius 3 is 2.56 bits per heavy atom. The smallest absolute Gasteiger partial charge is 0.337 e. The number of rotatable bonds is 11. The van der Waals surface area contributed by atoms with Gasteiger partial charge < -0.3 is 19.9 Å². The van der Waals surface area contributed by atoms with E-state index < -0.39 is 11.9 Å². The number of aryl methyl sites for hydroxylation is 1. The van der Waals surface area contributed by atoms with E-state index in [0.717, 1.165) is 16.3 Å². The zero-order valence-electron chi connectivity index (χ0n) is 18.9. The van der Waals surface area contributed by atoms with Crippen molar-refractivity contribution >= 4 is 29.0 Å². The van der Waals surface area contributed by atoms with Gasteiger partial charge in [0, 0.05) is 29.6 Å². The van der Waals surface area contributed by atoms with Crippen LogP contribution in [0.2, 0.25) is 0 Å². The molecule has 9 heteroatoms. The second-order valence-electron chi connectivity index (χ2n) is 7.38. The molecule has 0 atom stereocenters. The van der Waals surface area contributed by atoms with Gasteiger partial charge in [-0.05, 0) is 38.1 Å². The van der Waals surface area contributed by atoms with E-state index >= 15 is 0 Å². The van der Waals surface area contributed by atoms with E-state index in [1.54, 1.807) is 24.3 Å². The fourth-order valence-corrected chi connectivity index (χ4v) is 3.50. The van der Waals surface area contributed by atoms with Crippen molar-refractivity contribution in [1.29, 1.82) is 0 Å². The average Bonchev–Trinajstić information content (AvgIpc) is 3.23. The Bertz CT molecular complexity index is 1200. The zero-order chi connectivity index (χ0) is 24.5. The lowest BCUT2D eigenvalue weighted by molar-refractivity contribution is 0.0696. The van der Waals surface area contributed by atoms with Gasteiger partial charge in [-0.2, -0.15) is 0 Å². The van der Waals surface area contributed by atoms with Crippen LogP contribution >= 0.6 is 11.3 Å². The van der Waals surface area contributed by atoms with Gasteiger partial charge in [0.1, 0.15) is 23.9 Å². The summed E-state index contributed by atoms with van der Waals surface area (Å²) in [5, 5.41) is 14.5. The molecule has 0 spiro atoms. The first-order valence-corrected chi connectivity index (χ1v) is 11.3. The maximum absolute atomic E-state index is 12.9. The second-order valence-corrected chi connectivity index (χ2v) is 8.44. The molecule has 0 unspecified atom stereocenters. The highest BCUT2D eigenvalue weighted by Gasteiger charge is 2.13. The molecular weight excluding hydrogens is 454 g/mol. The van der Waals surface area contributed by atoms with Crippen LogP contribution in [0, 0.1) is 6.92 Å². The number of hydrogen-bond donors (Lipinski definition) is 2. The monoisotopic (exact) mass is 479 g/mol. The molecule has 176 valence electrons. The topological polar surface area (TPSA) is 111 Å². The predicted octanol–water partition coefficient (Wildman–Crippen LogP) is 5.28. The van der Waals surface area contributed by atoms with Gasteiger partial charge in [0.2, 0.25) is 0 Å². The maximum Gasteiger partial charge on any atom is 0.337 e. The molecule has 34 heavy (non-hydrogen) atoms. The summed E-state index contributed by atoms with van der Waals surface area (Å²) < 4.78 is 11.7. The third kappa shape index (κ3) is 7.28. The van der Waals surface area contributed by atoms with E-state index in [9.17, 15) is 9.59 Å². The number of aromatic nitrogens is 2. The van der Waals surface area contributed by atoms with Gasteiger partial charge in [-0.15, -0.1) is 11.3 Å². The summed E-state index contributed by atoms with van der Waals surface area (Å²) in [6, 6.07) is 7.75. The van der Waals surface area contributed by atoms with Crippen molar-refractivity contribution in [3.05, 3.63) is 88.0 Å². The van der Waals surface area contributed by atoms with Crippen LogP contribution < -0.4 is 14.8 Å². The number of allylic oxidation sites excluding steroid dienone is 2. The van der Waals surface area contributed by atoms with E-state index in [0.29, 0.717) is 30.1 Å². The van der Waals surface area contributed by atoms with Crippen molar-refractivity contribution in [2.45, 2.75) is 26.9 Å². The van der Waals surface area contributed by atoms with Gasteiger partial charge >= 0.3 is 5.97 Å². The Hall–Kier alpha value is -3.98. The number of carboxylic acids is 1. The number of ether oxygens (including phenoxy) is 2. The minimum atomic E-state index is -1.09. The number of amides is 1. The molecule has 0 fully saturated rings. The molecule has 0 bridgehead atoms. The first-order chi connectivity index (χ1) is 16.3. The molecule has 0 aliphatic carbocycles. The quantitative estimate of drug-likeness (QED) is 0.360. The number of hydrogen-bond acceptors (Lipinski definition) is 7. The van der Waals surface area contributed by atoms with Gasteiger partial charge in [-0.3, -0.25) is 4.79 Å². The first kappa shape index (κ1) is 24.7. The van der Waals surface area contributed by atoms with Crippen molar-refractivity contribution in [2.24, 2.45) is 0 Å². The SMILES string of the molecule is C=C/C=C(\C)CCOc1cc(OCc2csc(C)n2)cc(C(=O)Nc2ccc(C(=O)O)cn2)c1. The van der Waals surface area contributed by atoms with Gasteiger partial charge in [0.05, 0.1) is 22.9 Å². The van der Waals surface area contributed by atoms with Gasteiger partial charge in [-0.25, -0.2) is 14.8 Å². The fraction of sp³-hybridized carbons (Fsp3) is 0.200. The minimum Gasteiger partial charge on any atom is -0.493 e. The lowest BCUT2D eigenvalue weighted by Gasteiger charge is -2.12. The molecule has 8 nitrogen and oxygen atoms in total. The summed E-state index contributed by atoms with van der Waals surface area (Å²) >= 11 is 1.54. The molecule has 0 aliphatic rings. The summed E-state index contributed by atoms with van der Waals surface area (Å²) in [4.78, 5) is 32.2. The molecular formula is C25H25N3O5S. The molecule has 0 aliphatic heterocycles. The number of nitrogens with one attached hydrogen (secondary N) is 1. The number of nitrogens with zero attached hydrogens (tertiary/aromatic N) is 2. The Labute approximate surface area is 201 Å². The normalized spacial score (nSPS) is 11.1. The minimum absolute atomic E-state index is 0.0298. The number of carbonyl (C=O) groups is 2. The van der Waals surface area contributed by atoms with E-state index in [1.807, 2.05) is 25.3 Å². The third-order valence-corrected chi connectivity index (χ3v) is 5.44. The number of carboxylic acid groups (broad SMARTS) is 1. The summed E-state index contributed by atoms with van der Waals surface area (Å²) in [7, 11) is 0. The van der Waals surface area contributed by atoms with Crippen LogP contribution in [-0.4, -0.2) is 33.6 Å². The lowest BCUT2D eigenvalue weighted by atomic mass is 10.1. The Balaban J connectivity index is 1.76. The average molecular weight is 480 g/mol. The lowest BCUT2D eigenvalue weighted by Crippen LogP contribution is -2.14. The Morgan fingerprint density at radius 1 is 1.18 bits per heavy atom. The van der Waals surface area contributed by atoms with E-state index in [-0.39, 0.29) is 18.0 Å². The van der Waals surface area contributed by atoms with E-state index in [1.165, 1.54) is 29.7 Å². The van der Waals surface area contributed by atoms with E-state index in [2.05, 4.69) is 21.9 Å². The highest BCUT2D eigenvalue weighted by Crippen LogP contribution is 2.25. The summed E-state index contributed by atoms with van der Waals surface area (Å²) in [5.74, 6) is -0.353. The number of benzene rings is 1. The van der Waals surface area contributed by atoms with Crippen molar-refractivity contribution in [2.75, 3.05) is 11.9 Å². The van der Waals surface area contributed by atoms with E-state index in [4.69, 9.17) is 14.6 Å². The Kier molecular flexibility index (Phi) is 8.53. The fourth-order valence-electron chi connectivity index (χ4n) is 2.90. The van der Waals surface area contributed by atoms with Gasteiger partial charge in [0.25, 0.3) is 5.91 Å². The predicted molar refractivity (Wildman–Crippen MR) is 131 cm³/mol. The van der Waals surface area contributed by atoms with Crippen molar-refractivity contribution < 1.29 is 24.2 Å². The molecule has 1 aromatic carbocycles. The summed E-state index contributed by atoms with van der Waals surface area (Å²) in [6.45, 7) is 8.28. The van der Waals surface area contributed by atoms with Crippen molar-refractivity contribution in [1.82, 2.24) is 9.97 Å². The highest BCUT2D eigenvalue weighted by molar-refractivity contribution is 7.09. The number of thiazole rings is 1. The van der Waals surface area contributed by atoms with Crippen LogP contribution in [0.25, 0.3) is 0 Å². The van der Waals surface area contributed by atoms with Gasteiger partial charge in [0.15, 0.2) is 0 Å². The summed E-state index contributed by atoms with van der Waals surface area (Å²) in [5.41, 5.74) is 2.26. The van der Waals surface area contributed by atoms with Crippen LogP contribution in [0.15, 0.2) is 66.2 Å². The number of aromatic carboxylic acids is 1. The molecule has 3 aromatic rings. The largest absolute Gasteiger partial charge is 0.493 e. The first-order valence-electron chi connectivity index (χ1n) is 10.4. The van der Waals surface area contributed by atoms with Crippen molar-refractivity contribution in [3.8, 4) is 11.5 Å². The molecule has 2 aromatic heterocycles. The highest BCUT2D eigenvalue weighted by atomic mass is 32.1. The van der Waals surface area contributed by atoms with Crippen LogP contribution in [0.5, 0.6) is 11.5 Å². The molecule has 0 radical (unpaired) electrons. The molecule has 2 heterocycles. The maximum atomic E-state index is 12.9. The van der Waals surface area contributed by atoms with Crippen LogP contribution in [0.1, 0.15) is 44.8 Å².